The molecule has 1 unspecified atom stereocenters. The van der Waals surface area contributed by atoms with Crippen LogP contribution in [-0.4, -0.2) is 38.5 Å². The van der Waals surface area contributed by atoms with Crippen molar-refractivity contribution in [1.29, 1.82) is 0 Å². The molecule has 0 radical (unpaired) electrons. The zero-order valence-corrected chi connectivity index (χ0v) is 15.2. The van der Waals surface area contributed by atoms with Crippen LogP contribution in [0.15, 0.2) is 60.7 Å². The number of halogens is 1. The number of ether oxygens (including phenoxy) is 2. The summed E-state index contributed by atoms with van der Waals surface area (Å²) in [5.41, 5.74) is 1.36. The molecule has 4 heteroatoms. The van der Waals surface area contributed by atoms with Crippen molar-refractivity contribution in [3.8, 4) is 0 Å². The van der Waals surface area contributed by atoms with E-state index in [-0.39, 0.29) is 18.0 Å². The summed E-state index contributed by atoms with van der Waals surface area (Å²) in [7, 11) is 5.31. The molecular formula is C20H28FNO2. The summed E-state index contributed by atoms with van der Waals surface area (Å²) in [5, 5.41) is 0. The van der Waals surface area contributed by atoms with E-state index < -0.39 is 6.29 Å². The van der Waals surface area contributed by atoms with Crippen LogP contribution in [0.5, 0.6) is 0 Å². The van der Waals surface area contributed by atoms with Gasteiger partial charge in [-0.1, -0.05) is 49.1 Å². The fourth-order valence-electron chi connectivity index (χ4n) is 2.36. The van der Waals surface area contributed by atoms with Crippen LogP contribution >= 0.6 is 0 Å². The first kappa shape index (κ1) is 20.3. The van der Waals surface area contributed by atoms with Crippen LogP contribution in [0, 0.1) is 5.82 Å². The van der Waals surface area contributed by atoms with Gasteiger partial charge in [-0.2, -0.15) is 0 Å². The van der Waals surface area contributed by atoms with Crippen molar-refractivity contribution in [2.75, 3.05) is 21.2 Å². The Kier molecular flexibility index (Phi) is 8.61. The molecule has 1 aromatic carbocycles. The van der Waals surface area contributed by atoms with Gasteiger partial charge < -0.3 is 9.47 Å². The average Bonchev–Trinajstić information content (AvgIpc) is 2.55. The van der Waals surface area contributed by atoms with Crippen LogP contribution in [0.4, 0.5) is 4.39 Å². The molecule has 0 amide bonds. The van der Waals surface area contributed by atoms with Crippen LogP contribution < -0.4 is 0 Å². The lowest BCUT2D eigenvalue weighted by molar-refractivity contribution is -0.175. The predicted molar refractivity (Wildman–Crippen MR) is 97.3 cm³/mol. The van der Waals surface area contributed by atoms with Gasteiger partial charge in [0.1, 0.15) is 5.82 Å². The first-order chi connectivity index (χ1) is 11.4. The summed E-state index contributed by atoms with van der Waals surface area (Å²) in [5.74, 6) is -0.277. The third-order valence-corrected chi connectivity index (χ3v) is 3.74. The van der Waals surface area contributed by atoms with E-state index in [1.54, 1.807) is 19.2 Å². The highest BCUT2D eigenvalue weighted by molar-refractivity contribution is 5.24. The molecule has 0 saturated heterocycles. The van der Waals surface area contributed by atoms with Gasteiger partial charge in [-0.3, -0.25) is 4.90 Å². The molecule has 132 valence electrons. The molecule has 0 heterocycles. The predicted octanol–water partition coefficient (Wildman–Crippen LogP) is 4.49. The molecular weight excluding hydrogens is 305 g/mol. The van der Waals surface area contributed by atoms with E-state index in [4.69, 9.17) is 9.47 Å². The number of allylic oxidation sites excluding steroid dienone is 3. The molecule has 0 N–H and O–H groups in total. The zero-order valence-electron chi connectivity index (χ0n) is 15.2. The smallest absolute Gasteiger partial charge is 0.177 e. The molecule has 0 aliphatic rings. The minimum Gasteiger partial charge on any atom is -0.354 e. The molecule has 0 saturated carbocycles. The van der Waals surface area contributed by atoms with Crippen molar-refractivity contribution >= 4 is 0 Å². The van der Waals surface area contributed by atoms with Gasteiger partial charge in [0.05, 0.1) is 12.1 Å². The second-order valence-corrected chi connectivity index (χ2v) is 5.77. The molecule has 1 rings (SSSR count). The average molecular weight is 333 g/mol. The Bertz CT molecular complexity index is 581. The highest BCUT2D eigenvalue weighted by atomic mass is 19.1. The second-order valence-electron chi connectivity index (χ2n) is 5.77. The molecule has 3 nitrogen and oxygen atoms in total. The van der Waals surface area contributed by atoms with Crippen molar-refractivity contribution in [3.05, 3.63) is 72.1 Å². The van der Waals surface area contributed by atoms with Gasteiger partial charge in [-0.05, 0) is 39.6 Å². The van der Waals surface area contributed by atoms with Crippen molar-refractivity contribution in [1.82, 2.24) is 4.90 Å². The maximum Gasteiger partial charge on any atom is 0.177 e. The van der Waals surface area contributed by atoms with Gasteiger partial charge in [-0.15, -0.1) is 0 Å². The fraction of sp³-hybridized carbons (Fsp3) is 0.400. The summed E-state index contributed by atoms with van der Waals surface area (Å²) >= 11 is 0. The molecule has 0 fully saturated rings. The van der Waals surface area contributed by atoms with Gasteiger partial charge >= 0.3 is 0 Å². The number of hydrogen-bond donors (Lipinski definition) is 0. The van der Waals surface area contributed by atoms with Crippen molar-refractivity contribution < 1.29 is 13.9 Å². The highest BCUT2D eigenvalue weighted by Crippen LogP contribution is 2.28. The Hall–Kier alpha value is -1.75. The summed E-state index contributed by atoms with van der Waals surface area (Å²) in [6.07, 6.45) is 6.78. The van der Waals surface area contributed by atoms with Crippen LogP contribution in [0.25, 0.3) is 0 Å². The molecule has 0 aliphatic heterocycles. The molecule has 0 spiro atoms. The Morgan fingerprint density at radius 3 is 2.46 bits per heavy atom. The second kappa shape index (κ2) is 10.2. The van der Waals surface area contributed by atoms with Crippen LogP contribution in [-0.2, 0) is 9.47 Å². The standard InChI is InChI=1S/C20H28FNO2/c1-7-8-9-12-15(2)16(3)24-20(23-6)19(22(4)5)17-13-10-11-14-18(17)21/h7-14,16,19-20H,2H2,1,3-6H3/b8-7-,12-9-/t16-,19-,20?/m0/s1. The minimum absolute atomic E-state index is 0.259. The van der Waals surface area contributed by atoms with E-state index in [9.17, 15) is 4.39 Å². The Labute approximate surface area is 145 Å². The third-order valence-electron chi connectivity index (χ3n) is 3.74. The van der Waals surface area contributed by atoms with Gasteiger partial charge in [-0.25, -0.2) is 4.39 Å². The highest BCUT2D eigenvalue weighted by Gasteiger charge is 2.30. The summed E-state index contributed by atoms with van der Waals surface area (Å²) in [6, 6.07) is 6.31. The first-order valence-corrected chi connectivity index (χ1v) is 7.99. The van der Waals surface area contributed by atoms with Gasteiger partial charge in [0.25, 0.3) is 0 Å². The quantitative estimate of drug-likeness (QED) is 0.491. The van der Waals surface area contributed by atoms with E-state index >= 15 is 0 Å². The Balaban J connectivity index is 2.96. The topological polar surface area (TPSA) is 21.7 Å². The molecule has 1 aromatic rings. The lowest BCUT2D eigenvalue weighted by Gasteiger charge is -2.33. The van der Waals surface area contributed by atoms with E-state index in [0.29, 0.717) is 5.56 Å². The lowest BCUT2D eigenvalue weighted by atomic mass is 10.0. The van der Waals surface area contributed by atoms with Crippen molar-refractivity contribution in [2.45, 2.75) is 32.3 Å². The molecule has 0 bridgehead atoms. The van der Waals surface area contributed by atoms with Gasteiger partial charge in [0, 0.05) is 12.7 Å². The summed E-state index contributed by atoms with van der Waals surface area (Å²) < 4.78 is 25.8. The summed E-state index contributed by atoms with van der Waals surface area (Å²) in [6.45, 7) is 7.87. The first-order valence-electron chi connectivity index (χ1n) is 7.99. The monoisotopic (exact) mass is 333 g/mol. The third kappa shape index (κ3) is 5.71. The summed E-state index contributed by atoms with van der Waals surface area (Å²) in [4.78, 5) is 1.89. The van der Waals surface area contributed by atoms with Crippen molar-refractivity contribution in [3.63, 3.8) is 0 Å². The van der Waals surface area contributed by atoms with Crippen LogP contribution in [0.2, 0.25) is 0 Å². The largest absolute Gasteiger partial charge is 0.354 e. The molecule has 3 atom stereocenters. The minimum atomic E-state index is -0.626. The molecule has 0 aromatic heterocycles. The number of rotatable bonds is 9. The van der Waals surface area contributed by atoms with E-state index in [1.165, 1.54) is 6.07 Å². The van der Waals surface area contributed by atoms with Crippen LogP contribution in [0.3, 0.4) is 0 Å². The number of methoxy groups -OCH3 is 1. The Morgan fingerprint density at radius 1 is 1.25 bits per heavy atom. The van der Waals surface area contributed by atoms with E-state index in [0.717, 1.165) is 5.57 Å². The maximum atomic E-state index is 14.2. The number of nitrogens with zero attached hydrogens (tertiary/aromatic N) is 1. The SMILES string of the molecule is C=C(/C=C\C=C/C)[C@H](C)OC(OC)[C@H](c1ccccc1F)N(C)C. The normalized spacial score (nSPS) is 16.0. The zero-order chi connectivity index (χ0) is 18.1. The van der Waals surface area contributed by atoms with Crippen molar-refractivity contribution in [2.24, 2.45) is 0 Å². The van der Waals surface area contributed by atoms with E-state index in [2.05, 4.69) is 6.58 Å². The molecule has 0 aliphatic carbocycles. The molecule has 24 heavy (non-hydrogen) atoms. The van der Waals surface area contributed by atoms with E-state index in [1.807, 2.05) is 63.2 Å². The van der Waals surface area contributed by atoms with Crippen LogP contribution in [0.1, 0.15) is 25.5 Å². The maximum absolute atomic E-state index is 14.2. The Morgan fingerprint density at radius 2 is 1.92 bits per heavy atom. The fourth-order valence-corrected chi connectivity index (χ4v) is 2.36. The number of benzene rings is 1. The number of hydrogen-bond acceptors (Lipinski definition) is 3. The van der Waals surface area contributed by atoms with Gasteiger partial charge in [0.15, 0.2) is 6.29 Å². The van der Waals surface area contributed by atoms with Gasteiger partial charge in [0.2, 0.25) is 0 Å². The number of likely N-dealkylation sites (N-methyl/N-ethyl adjacent to an activating group) is 1. The lowest BCUT2D eigenvalue weighted by Crippen LogP contribution is -2.37.